The van der Waals surface area contributed by atoms with Crippen LogP contribution in [0.2, 0.25) is 0 Å². The van der Waals surface area contributed by atoms with E-state index in [0.29, 0.717) is 61.6 Å². The zero-order valence-corrected chi connectivity index (χ0v) is 22.8. The molecule has 3 atom stereocenters. The Labute approximate surface area is 239 Å². The fourth-order valence-electron chi connectivity index (χ4n) is 6.95. The first-order valence-electron chi connectivity index (χ1n) is 14.4. The first-order valence-corrected chi connectivity index (χ1v) is 14.4. The third-order valence-electron chi connectivity index (χ3n) is 9.09. The molecule has 1 aromatic carbocycles. The highest BCUT2D eigenvalue weighted by atomic mass is 19.1. The molecule has 1 unspecified atom stereocenters. The molecule has 42 heavy (non-hydrogen) atoms. The number of aliphatic hydroxyl groups excluding tert-OH is 1. The van der Waals surface area contributed by atoms with Crippen molar-refractivity contribution in [2.24, 2.45) is 5.92 Å². The molecule has 0 radical (unpaired) electrons. The van der Waals surface area contributed by atoms with E-state index >= 15 is 4.39 Å². The number of oxazole rings is 1. The SMILES string of the molecule is O=C1COc2ncc(N3CC4(CCN(CC5Cc6cc7nc([C@@H]8C[C@@H](O)CN8)oc7c(F)c6C5)CC4)OC3=O)nc2N1. The lowest BCUT2D eigenvalue weighted by Gasteiger charge is -2.38. The Morgan fingerprint density at radius 1 is 1.19 bits per heavy atom. The molecule has 2 aromatic heterocycles. The summed E-state index contributed by atoms with van der Waals surface area (Å²) >= 11 is 0. The van der Waals surface area contributed by atoms with E-state index in [4.69, 9.17) is 13.9 Å². The third kappa shape index (κ3) is 4.36. The minimum Gasteiger partial charge on any atom is -0.465 e. The molecule has 6 heterocycles. The van der Waals surface area contributed by atoms with Crippen LogP contribution in [0.15, 0.2) is 16.7 Å². The van der Waals surface area contributed by atoms with Gasteiger partial charge in [0.1, 0.15) is 11.1 Å². The number of benzene rings is 1. The second kappa shape index (κ2) is 9.57. The number of amides is 2. The first-order chi connectivity index (χ1) is 20.3. The van der Waals surface area contributed by atoms with Gasteiger partial charge in [-0.25, -0.2) is 24.1 Å². The Hall–Kier alpha value is -3.88. The summed E-state index contributed by atoms with van der Waals surface area (Å²) in [5, 5.41) is 15.6. The molecular formula is C28H30FN7O6. The van der Waals surface area contributed by atoms with Gasteiger partial charge in [0.05, 0.1) is 24.9 Å². The Kier molecular flexibility index (Phi) is 5.88. The molecule has 0 bridgehead atoms. The van der Waals surface area contributed by atoms with Gasteiger partial charge in [-0.3, -0.25) is 9.69 Å². The van der Waals surface area contributed by atoms with Crippen LogP contribution >= 0.6 is 0 Å². The van der Waals surface area contributed by atoms with Crippen molar-refractivity contribution in [1.82, 2.24) is 25.2 Å². The Morgan fingerprint density at radius 3 is 2.86 bits per heavy atom. The number of anilines is 2. The number of fused-ring (bicyclic) bond motifs is 3. The lowest BCUT2D eigenvalue weighted by atomic mass is 9.90. The summed E-state index contributed by atoms with van der Waals surface area (Å²) in [6, 6.07) is 1.75. The van der Waals surface area contributed by atoms with Crippen LogP contribution < -0.4 is 20.3 Å². The third-order valence-corrected chi connectivity index (χ3v) is 9.09. The number of aromatic nitrogens is 3. The van der Waals surface area contributed by atoms with Crippen LogP contribution in [0.5, 0.6) is 5.88 Å². The number of ether oxygens (including phenoxy) is 2. The van der Waals surface area contributed by atoms with Crippen LogP contribution in [0.25, 0.3) is 11.1 Å². The van der Waals surface area contributed by atoms with Crippen LogP contribution in [0, 0.1) is 11.7 Å². The van der Waals surface area contributed by atoms with E-state index < -0.39 is 17.8 Å². The summed E-state index contributed by atoms with van der Waals surface area (Å²) < 4.78 is 32.5. The maximum absolute atomic E-state index is 15.5. The molecule has 3 saturated heterocycles. The smallest absolute Gasteiger partial charge is 0.416 e. The summed E-state index contributed by atoms with van der Waals surface area (Å²) in [5.74, 6) is 0.762. The van der Waals surface area contributed by atoms with E-state index in [0.717, 1.165) is 31.6 Å². The van der Waals surface area contributed by atoms with Gasteiger partial charge in [-0.2, -0.15) is 0 Å². The number of piperidine rings is 1. The lowest BCUT2D eigenvalue weighted by Crippen LogP contribution is -2.48. The fourth-order valence-corrected chi connectivity index (χ4v) is 6.95. The average molecular weight is 580 g/mol. The van der Waals surface area contributed by atoms with Crippen molar-refractivity contribution >= 4 is 34.7 Å². The molecule has 3 fully saturated rings. The minimum absolute atomic E-state index is 0.120. The Balaban J connectivity index is 0.899. The van der Waals surface area contributed by atoms with Crippen molar-refractivity contribution in [3.63, 3.8) is 0 Å². The summed E-state index contributed by atoms with van der Waals surface area (Å²) in [4.78, 5) is 41.4. The Morgan fingerprint density at radius 2 is 2.05 bits per heavy atom. The van der Waals surface area contributed by atoms with Gasteiger partial charge >= 0.3 is 6.09 Å². The van der Waals surface area contributed by atoms with Crippen molar-refractivity contribution in [3.05, 3.63) is 35.1 Å². The highest BCUT2D eigenvalue weighted by molar-refractivity contribution is 5.94. The molecule has 220 valence electrons. The zero-order chi connectivity index (χ0) is 28.6. The summed E-state index contributed by atoms with van der Waals surface area (Å²) in [6.07, 6.45) is 3.77. The van der Waals surface area contributed by atoms with Crippen molar-refractivity contribution in [1.29, 1.82) is 0 Å². The van der Waals surface area contributed by atoms with Crippen molar-refractivity contribution in [3.8, 4) is 5.88 Å². The molecule has 13 nitrogen and oxygen atoms in total. The van der Waals surface area contributed by atoms with E-state index in [2.05, 4.69) is 30.5 Å². The highest BCUT2D eigenvalue weighted by Crippen LogP contribution is 2.39. The summed E-state index contributed by atoms with van der Waals surface area (Å²) in [6.45, 7) is 3.04. The largest absolute Gasteiger partial charge is 0.465 e. The van der Waals surface area contributed by atoms with Gasteiger partial charge in [0.2, 0.25) is 5.89 Å². The number of aliphatic hydroxyl groups is 1. The van der Waals surface area contributed by atoms with E-state index in [9.17, 15) is 14.7 Å². The molecule has 4 aliphatic heterocycles. The number of hydrogen-bond donors (Lipinski definition) is 3. The Bertz CT molecular complexity index is 1610. The normalized spacial score (nSPS) is 26.8. The standard InChI is InChI=1S/C28H30FN7O6/c29-22-17-6-14(5-15(17)7-18-23(22)41-25(32-18)19-8-16(37)9-30-19)11-35-3-1-28(2-4-35)13-36(27(39)42-28)20-10-31-26-24(33-20)34-21(38)12-40-26/h7,10,14,16,19,30,37H,1-6,8-9,11-13H2,(H,33,34,38)/t14?,16-,19+/m1/s1. The highest BCUT2D eigenvalue weighted by Gasteiger charge is 2.48. The number of nitrogens with zero attached hydrogens (tertiary/aromatic N) is 5. The molecular weight excluding hydrogens is 549 g/mol. The maximum Gasteiger partial charge on any atom is 0.416 e. The first kappa shape index (κ1) is 25.8. The summed E-state index contributed by atoms with van der Waals surface area (Å²) in [7, 11) is 0. The summed E-state index contributed by atoms with van der Waals surface area (Å²) in [5.41, 5.74) is 1.78. The number of β-amino-alcohol motifs (C(OH)–C–C–N with tert-alkyl or cyclic N) is 1. The van der Waals surface area contributed by atoms with E-state index in [1.54, 1.807) is 0 Å². The monoisotopic (exact) mass is 579 g/mol. The molecule has 2 amide bonds. The van der Waals surface area contributed by atoms with Crippen LogP contribution in [0.4, 0.5) is 20.8 Å². The molecule has 1 spiro atoms. The van der Waals surface area contributed by atoms with Crippen LogP contribution in [-0.2, 0) is 22.4 Å². The minimum atomic E-state index is -0.617. The molecule has 8 rings (SSSR count). The van der Waals surface area contributed by atoms with Gasteiger partial charge in [0.15, 0.2) is 29.6 Å². The van der Waals surface area contributed by atoms with Gasteiger partial charge in [-0.05, 0) is 42.4 Å². The predicted molar refractivity (Wildman–Crippen MR) is 145 cm³/mol. The number of nitrogens with one attached hydrogen (secondary N) is 2. The van der Waals surface area contributed by atoms with Gasteiger partial charge in [0.25, 0.3) is 11.8 Å². The molecule has 3 aromatic rings. The average Bonchev–Trinajstić information content (AvgIpc) is 3.76. The molecule has 1 aliphatic carbocycles. The van der Waals surface area contributed by atoms with Gasteiger partial charge < -0.3 is 34.5 Å². The predicted octanol–water partition coefficient (Wildman–Crippen LogP) is 1.69. The van der Waals surface area contributed by atoms with Crippen molar-refractivity contribution in [2.45, 2.75) is 49.9 Å². The van der Waals surface area contributed by atoms with Gasteiger partial charge in [0, 0.05) is 39.0 Å². The van der Waals surface area contributed by atoms with Crippen LogP contribution in [-0.4, -0.2) is 88.0 Å². The number of halogens is 1. The molecule has 14 heteroatoms. The molecule has 0 saturated carbocycles. The maximum atomic E-state index is 15.5. The number of hydrogen-bond acceptors (Lipinski definition) is 11. The van der Waals surface area contributed by atoms with Crippen molar-refractivity contribution in [2.75, 3.05) is 49.5 Å². The van der Waals surface area contributed by atoms with Gasteiger partial charge in [-0.15, -0.1) is 0 Å². The second-order valence-electron chi connectivity index (χ2n) is 12.0. The van der Waals surface area contributed by atoms with E-state index in [-0.39, 0.29) is 47.6 Å². The zero-order valence-electron chi connectivity index (χ0n) is 22.8. The molecule has 5 aliphatic rings. The van der Waals surface area contributed by atoms with E-state index in [1.165, 1.54) is 11.1 Å². The number of carbonyl (C=O) groups excluding carboxylic acids is 2. The van der Waals surface area contributed by atoms with Crippen LogP contribution in [0.1, 0.15) is 42.3 Å². The topological polar surface area (TPSA) is 155 Å². The second-order valence-corrected chi connectivity index (χ2v) is 12.0. The van der Waals surface area contributed by atoms with Gasteiger partial charge in [-0.1, -0.05) is 0 Å². The fraction of sp³-hybridized carbons (Fsp3) is 0.536. The van der Waals surface area contributed by atoms with Crippen molar-refractivity contribution < 1.29 is 33.0 Å². The quantitative estimate of drug-likeness (QED) is 0.414. The molecule has 3 N–H and O–H groups in total. The van der Waals surface area contributed by atoms with E-state index in [1.807, 2.05) is 6.07 Å². The number of carbonyl (C=O) groups is 2. The number of likely N-dealkylation sites (tertiary alicyclic amines) is 1. The van der Waals surface area contributed by atoms with Crippen LogP contribution in [0.3, 0.4) is 0 Å². The lowest BCUT2D eigenvalue weighted by molar-refractivity contribution is -0.118. The number of rotatable bonds is 4.